The van der Waals surface area contributed by atoms with Gasteiger partial charge in [-0.1, -0.05) is 41.9 Å². The molecule has 0 saturated heterocycles. The molecule has 1 amide bonds. The molecule has 0 spiro atoms. The summed E-state index contributed by atoms with van der Waals surface area (Å²) >= 11 is 6.30. The van der Waals surface area contributed by atoms with Crippen molar-refractivity contribution in [3.8, 4) is 22.6 Å². The van der Waals surface area contributed by atoms with Crippen LogP contribution in [-0.4, -0.2) is 37.8 Å². The molecule has 5 aromatic rings. The zero-order valence-corrected chi connectivity index (χ0v) is 21.7. The molecule has 0 atom stereocenters. The Morgan fingerprint density at radius 3 is 2.58 bits per heavy atom. The van der Waals surface area contributed by atoms with Crippen LogP contribution in [0.15, 0.2) is 90.1 Å². The van der Waals surface area contributed by atoms with E-state index in [9.17, 15) is 14.0 Å². The van der Waals surface area contributed by atoms with E-state index < -0.39 is 17.3 Å². The van der Waals surface area contributed by atoms with Crippen LogP contribution in [0.1, 0.15) is 5.56 Å². The second kappa shape index (κ2) is 11.2. The SMILES string of the molecule is COc1cn(C(=Cc2ccccc2)C(=O)Nc2ccc(F)cc2N)c(=O)cc1-c1cc(Cl)ccc1-n1cnnn1. The number of hydrogen-bond acceptors (Lipinski definition) is 7. The summed E-state index contributed by atoms with van der Waals surface area (Å²) in [5.41, 5.74) is 7.68. The fourth-order valence-electron chi connectivity index (χ4n) is 4.06. The minimum Gasteiger partial charge on any atom is -0.495 e. The number of pyridine rings is 1. The molecule has 2 heterocycles. The average Bonchev–Trinajstić information content (AvgIpc) is 3.49. The van der Waals surface area contributed by atoms with E-state index in [1.165, 1.54) is 42.5 Å². The highest BCUT2D eigenvalue weighted by molar-refractivity contribution is 6.31. The molecule has 10 nitrogen and oxygen atoms in total. The lowest BCUT2D eigenvalue weighted by Crippen LogP contribution is -2.26. The molecule has 0 radical (unpaired) electrons. The predicted molar refractivity (Wildman–Crippen MR) is 150 cm³/mol. The average molecular weight is 558 g/mol. The molecule has 3 aromatic carbocycles. The molecule has 0 unspecified atom stereocenters. The van der Waals surface area contributed by atoms with E-state index in [1.807, 2.05) is 6.07 Å². The van der Waals surface area contributed by atoms with Crippen molar-refractivity contribution in [3.05, 3.63) is 112 Å². The van der Waals surface area contributed by atoms with E-state index in [0.717, 1.165) is 10.6 Å². The number of nitrogens with one attached hydrogen (secondary N) is 1. The van der Waals surface area contributed by atoms with E-state index >= 15 is 0 Å². The number of carbonyl (C=O) groups excluding carboxylic acids is 1. The Hall–Kier alpha value is -5.29. The van der Waals surface area contributed by atoms with Gasteiger partial charge in [0, 0.05) is 22.2 Å². The summed E-state index contributed by atoms with van der Waals surface area (Å²) in [4.78, 5) is 27.1. The normalized spacial score (nSPS) is 11.3. The first-order valence-electron chi connectivity index (χ1n) is 11.8. The van der Waals surface area contributed by atoms with Crippen LogP contribution < -0.4 is 21.3 Å². The lowest BCUT2D eigenvalue weighted by Gasteiger charge is -2.17. The van der Waals surface area contributed by atoms with Crippen LogP contribution in [0.3, 0.4) is 0 Å². The van der Waals surface area contributed by atoms with Gasteiger partial charge >= 0.3 is 0 Å². The third kappa shape index (κ3) is 5.45. The molecule has 0 aliphatic carbocycles. The highest BCUT2D eigenvalue weighted by Crippen LogP contribution is 2.35. The number of halogens is 2. The van der Waals surface area contributed by atoms with E-state index in [-0.39, 0.29) is 22.8 Å². The van der Waals surface area contributed by atoms with Crippen molar-refractivity contribution in [2.75, 3.05) is 18.2 Å². The van der Waals surface area contributed by atoms with Crippen LogP contribution in [0.25, 0.3) is 28.6 Å². The summed E-state index contributed by atoms with van der Waals surface area (Å²) in [5, 5.41) is 14.4. The Bertz CT molecular complexity index is 1790. The lowest BCUT2D eigenvalue weighted by molar-refractivity contribution is -0.111. The summed E-state index contributed by atoms with van der Waals surface area (Å²) in [7, 11) is 1.44. The van der Waals surface area contributed by atoms with Crippen LogP contribution in [0.5, 0.6) is 5.75 Å². The second-order valence-corrected chi connectivity index (χ2v) is 8.94. The molecule has 40 heavy (non-hydrogen) atoms. The van der Waals surface area contributed by atoms with Gasteiger partial charge in [0.1, 0.15) is 23.6 Å². The summed E-state index contributed by atoms with van der Waals surface area (Å²) in [5.74, 6) is -0.936. The van der Waals surface area contributed by atoms with Gasteiger partial charge in [-0.15, -0.1) is 5.10 Å². The zero-order valence-electron chi connectivity index (χ0n) is 21.0. The zero-order chi connectivity index (χ0) is 28.2. The van der Waals surface area contributed by atoms with Gasteiger partial charge < -0.3 is 15.8 Å². The molecule has 3 N–H and O–H groups in total. The van der Waals surface area contributed by atoms with E-state index in [2.05, 4.69) is 20.8 Å². The summed E-state index contributed by atoms with van der Waals surface area (Å²) in [6, 6.07) is 18.9. The van der Waals surface area contributed by atoms with E-state index in [1.54, 1.807) is 48.5 Å². The maximum atomic E-state index is 13.6. The van der Waals surface area contributed by atoms with Crippen LogP contribution in [0, 0.1) is 5.82 Å². The number of rotatable bonds is 7. The first-order valence-corrected chi connectivity index (χ1v) is 12.2. The Kier molecular flexibility index (Phi) is 7.38. The van der Waals surface area contributed by atoms with E-state index in [0.29, 0.717) is 27.4 Å². The van der Waals surface area contributed by atoms with Crippen molar-refractivity contribution < 1.29 is 13.9 Å². The molecular formula is C28H21ClFN7O3. The van der Waals surface area contributed by atoms with Crippen LogP contribution >= 0.6 is 11.6 Å². The predicted octanol–water partition coefficient (Wildman–Crippen LogP) is 4.51. The van der Waals surface area contributed by atoms with Crippen LogP contribution in [-0.2, 0) is 4.79 Å². The molecule has 0 saturated carbocycles. The van der Waals surface area contributed by atoms with Crippen molar-refractivity contribution in [1.82, 2.24) is 24.8 Å². The second-order valence-electron chi connectivity index (χ2n) is 8.51. The largest absolute Gasteiger partial charge is 0.495 e. The van der Waals surface area contributed by atoms with Gasteiger partial charge in [-0.25, -0.2) is 4.39 Å². The molecule has 0 aliphatic rings. The summed E-state index contributed by atoms with van der Waals surface area (Å²) in [6.45, 7) is 0. The van der Waals surface area contributed by atoms with Gasteiger partial charge in [0.15, 0.2) is 0 Å². The summed E-state index contributed by atoms with van der Waals surface area (Å²) in [6.07, 6.45) is 4.36. The molecule has 200 valence electrons. The number of tetrazole rings is 1. The van der Waals surface area contributed by atoms with E-state index in [4.69, 9.17) is 22.1 Å². The van der Waals surface area contributed by atoms with Crippen LogP contribution in [0.2, 0.25) is 5.02 Å². The van der Waals surface area contributed by atoms with Gasteiger partial charge in [0.05, 0.1) is 30.4 Å². The van der Waals surface area contributed by atoms with Gasteiger partial charge in [0.25, 0.3) is 11.5 Å². The lowest BCUT2D eigenvalue weighted by atomic mass is 10.0. The topological polar surface area (TPSA) is 130 Å². The molecular weight excluding hydrogens is 537 g/mol. The Balaban J connectivity index is 1.65. The van der Waals surface area contributed by atoms with Crippen LogP contribution in [0.4, 0.5) is 15.8 Å². The van der Waals surface area contributed by atoms with Crippen molar-refractivity contribution in [1.29, 1.82) is 0 Å². The number of methoxy groups -OCH3 is 1. The Morgan fingerprint density at radius 2 is 1.88 bits per heavy atom. The Morgan fingerprint density at radius 1 is 1.07 bits per heavy atom. The monoisotopic (exact) mass is 557 g/mol. The maximum Gasteiger partial charge on any atom is 0.272 e. The number of amides is 1. The molecule has 12 heteroatoms. The first kappa shape index (κ1) is 26.3. The number of nitrogens with two attached hydrogens (primary N) is 1. The van der Waals surface area contributed by atoms with Crippen molar-refractivity contribution in [2.45, 2.75) is 0 Å². The number of ether oxygens (including phenoxy) is 1. The minimum atomic E-state index is -0.656. The van der Waals surface area contributed by atoms with Gasteiger partial charge in [-0.2, -0.15) is 4.68 Å². The number of hydrogen-bond donors (Lipinski definition) is 2. The minimum absolute atomic E-state index is 0.0310. The molecule has 2 aromatic heterocycles. The third-order valence-electron chi connectivity index (χ3n) is 5.94. The third-order valence-corrected chi connectivity index (χ3v) is 6.17. The number of nitrogen functional groups attached to an aromatic ring is 1. The van der Waals surface area contributed by atoms with Gasteiger partial charge in [-0.05, 0) is 58.5 Å². The Labute approximate surface area is 232 Å². The number of aromatic nitrogens is 5. The van der Waals surface area contributed by atoms with Gasteiger partial charge in [-0.3, -0.25) is 14.2 Å². The number of carbonyl (C=O) groups is 1. The highest BCUT2D eigenvalue weighted by Gasteiger charge is 2.20. The van der Waals surface area contributed by atoms with Crippen molar-refractivity contribution >= 4 is 40.7 Å². The molecule has 0 aliphatic heterocycles. The molecule has 0 bridgehead atoms. The quantitative estimate of drug-likeness (QED) is 0.222. The number of benzene rings is 3. The van der Waals surface area contributed by atoms with Gasteiger partial charge in [0.2, 0.25) is 0 Å². The first-order chi connectivity index (χ1) is 19.3. The van der Waals surface area contributed by atoms with Crippen molar-refractivity contribution in [2.24, 2.45) is 0 Å². The summed E-state index contributed by atoms with van der Waals surface area (Å²) < 4.78 is 21.8. The highest BCUT2D eigenvalue weighted by atomic mass is 35.5. The fourth-order valence-corrected chi connectivity index (χ4v) is 4.23. The molecule has 0 fully saturated rings. The smallest absolute Gasteiger partial charge is 0.272 e. The number of anilines is 2. The standard InChI is InChI=1S/C28H21ClFN7O3/c1-40-26-15-36(27(38)14-21(26)20-12-18(29)7-10-24(20)37-16-32-34-35-37)25(11-17-5-3-2-4-6-17)28(39)33-23-9-8-19(30)13-22(23)31/h2-16H,31H2,1H3,(H,33,39). The fraction of sp³-hybridized carbons (Fsp3) is 0.0357. The maximum absolute atomic E-state index is 13.6. The van der Waals surface area contributed by atoms with Crippen molar-refractivity contribution in [3.63, 3.8) is 0 Å². The number of nitrogens with zero attached hydrogens (tertiary/aromatic N) is 5. The molecule has 5 rings (SSSR count).